The second-order valence-electron chi connectivity index (χ2n) is 6.36. The van der Waals surface area contributed by atoms with Crippen LogP contribution in [0.5, 0.6) is 0 Å². The Bertz CT molecular complexity index is 641. The molecule has 0 atom stereocenters. The molecule has 0 fully saturated rings. The van der Waals surface area contributed by atoms with Crippen molar-refractivity contribution in [2.75, 3.05) is 0 Å². The van der Waals surface area contributed by atoms with Gasteiger partial charge in [0.15, 0.2) is 5.78 Å². The van der Waals surface area contributed by atoms with Crippen molar-refractivity contribution in [2.45, 2.75) is 46.5 Å². The van der Waals surface area contributed by atoms with Crippen LogP contribution < -0.4 is 0 Å². The Kier molecular flexibility index (Phi) is 3.29. The summed E-state index contributed by atoms with van der Waals surface area (Å²) in [6.07, 6.45) is 2.51. The highest BCUT2D eigenvalue weighted by Gasteiger charge is 2.20. The van der Waals surface area contributed by atoms with Gasteiger partial charge >= 0.3 is 0 Å². The molecule has 0 aliphatic heterocycles. The van der Waals surface area contributed by atoms with E-state index in [1.54, 1.807) is 0 Å². The molecule has 19 heavy (non-hydrogen) atoms. The first kappa shape index (κ1) is 13.9. The molecule has 1 heterocycles. The van der Waals surface area contributed by atoms with Crippen LogP contribution in [0.3, 0.4) is 0 Å². The molecule has 0 amide bonds. The standard InChI is InChI=1S/C17H23NO/c1-7-16(19)13-10-18(6)15-8-11(2)14(9-12(13)15)17(3,4)5/h8-10H,7H2,1-6H3. The zero-order valence-corrected chi connectivity index (χ0v) is 12.8. The molecule has 0 N–H and O–H groups in total. The minimum Gasteiger partial charge on any atom is -0.350 e. The molecule has 1 aromatic heterocycles. The van der Waals surface area contributed by atoms with Crippen molar-refractivity contribution in [3.8, 4) is 0 Å². The molecule has 0 saturated heterocycles. The first-order chi connectivity index (χ1) is 8.75. The molecule has 102 valence electrons. The Labute approximate surface area is 115 Å². The fraction of sp³-hybridized carbons (Fsp3) is 0.471. The van der Waals surface area contributed by atoms with Gasteiger partial charge in [-0.25, -0.2) is 0 Å². The van der Waals surface area contributed by atoms with Gasteiger partial charge in [0, 0.05) is 36.1 Å². The molecule has 0 spiro atoms. The number of carbonyl (C=O) groups excluding carboxylic acids is 1. The summed E-state index contributed by atoms with van der Waals surface area (Å²) < 4.78 is 2.05. The highest BCUT2D eigenvalue weighted by molar-refractivity contribution is 6.08. The molecule has 0 bridgehead atoms. The van der Waals surface area contributed by atoms with Crippen LogP contribution in [0, 0.1) is 6.92 Å². The number of benzene rings is 1. The number of hydrogen-bond donors (Lipinski definition) is 0. The average Bonchev–Trinajstić information content (AvgIpc) is 2.63. The fourth-order valence-electron chi connectivity index (χ4n) is 2.75. The molecule has 2 aromatic rings. The second kappa shape index (κ2) is 4.52. The minimum atomic E-state index is 0.0979. The van der Waals surface area contributed by atoms with Crippen molar-refractivity contribution in [3.63, 3.8) is 0 Å². The summed E-state index contributed by atoms with van der Waals surface area (Å²) in [6.45, 7) is 10.7. The fourth-order valence-corrected chi connectivity index (χ4v) is 2.75. The van der Waals surface area contributed by atoms with Gasteiger partial charge in [-0.1, -0.05) is 27.7 Å². The Hall–Kier alpha value is -1.57. The summed E-state index contributed by atoms with van der Waals surface area (Å²) in [4.78, 5) is 12.1. The van der Waals surface area contributed by atoms with E-state index < -0.39 is 0 Å². The number of rotatable bonds is 2. The van der Waals surface area contributed by atoms with Gasteiger partial charge in [-0.2, -0.15) is 0 Å². The summed E-state index contributed by atoms with van der Waals surface area (Å²) in [5, 5.41) is 1.09. The lowest BCUT2D eigenvalue weighted by Gasteiger charge is -2.22. The zero-order chi connectivity index (χ0) is 14.4. The van der Waals surface area contributed by atoms with E-state index >= 15 is 0 Å². The van der Waals surface area contributed by atoms with Crippen LogP contribution >= 0.6 is 0 Å². The predicted octanol–water partition coefficient (Wildman–Crippen LogP) is 4.38. The number of aryl methyl sites for hydroxylation is 2. The molecule has 1 aromatic carbocycles. The van der Waals surface area contributed by atoms with Crippen LogP contribution in [0.4, 0.5) is 0 Å². The van der Waals surface area contributed by atoms with Gasteiger partial charge in [-0.3, -0.25) is 4.79 Å². The smallest absolute Gasteiger partial charge is 0.164 e. The first-order valence-electron chi connectivity index (χ1n) is 6.89. The van der Waals surface area contributed by atoms with Crippen molar-refractivity contribution >= 4 is 16.7 Å². The van der Waals surface area contributed by atoms with E-state index in [1.165, 1.54) is 11.1 Å². The van der Waals surface area contributed by atoms with Crippen LogP contribution in [-0.2, 0) is 12.5 Å². The molecule has 0 saturated carbocycles. The number of Topliss-reactive ketones (excluding diaryl/α,β-unsaturated/α-hetero) is 1. The van der Waals surface area contributed by atoms with Crippen molar-refractivity contribution in [2.24, 2.45) is 7.05 Å². The Morgan fingerprint density at radius 2 is 1.89 bits per heavy atom. The van der Waals surface area contributed by atoms with E-state index in [0.717, 1.165) is 16.5 Å². The molecular weight excluding hydrogens is 234 g/mol. The van der Waals surface area contributed by atoms with E-state index in [4.69, 9.17) is 0 Å². The number of fused-ring (bicyclic) bond motifs is 1. The third kappa shape index (κ3) is 2.32. The van der Waals surface area contributed by atoms with E-state index in [0.29, 0.717) is 6.42 Å². The molecule has 2 nitrogen and oxygen atoms in total. The zero-order valence-electron chi connectivity index (χ0n) is 12.8. The highest BCUT2D eigenvalue weighted by atomic mass is 16.1. The number of hydrogen-bond acceptors (Lipinski definition) is 1. The van der Waals surface area contributed by atoms with E-state index in [-0.39, 0.29) is 11.2 Å². The van der Waals surface area contributed by atoms with Crippen LogP contribution in [0.25, 0.3) is 10.9 Å². The maximum Gasteiger partial charge on any atom is 0.164 e. The first-order valence-corrected chi connectivity index (χ1v) is 6.89. The number of aromatic nitrogens is 1. The van der Waals surface area contributed by atoms with Gasteiger partial charge in [0.1, 0.15) is 0 Å². The monoisotopic (exact) mass is 257 g/mol. The normalized spacial score (nSPS) is 12.1. The third-order valence-corrected chi connectivity index (χ3v) is 3.77. The minimum absolute atomic E-state index is 0.0979. The average molecular weight is 257 g/mol. The van der Waals surface area contributed by atoms with Crippen molar-refractivity contribution < 1.29 is 4.79 Å². The number of carbonyl (C=O) groups is 1. The van der Waals surface area contributed by atoms with Gasteiger partial charge in [0.25, 0.3) is 0 Å². The van der Waals surface area contributed by atoms with Crippen LogP contribution in [0.1, 0.15) is 55.6 Å². The maximum atomic E-state index is 12.1. The van der Waals surface area contributed by atoms with E-state index in [1.807, 2.05) is 20.2 Å². The Balaban J connectivity index is 2.79. The summed E-state index contributed by atoms with van der Waals surface area (Å²) in [7, 11) is 2.00. The lowest BCUT2D eigenvalue weighted by atomic mass is 9.83. The van der Waals surface area contributed by atoms with Crippen molar-refractivity contribution in [1.82, 2.24) is 4.57 Å². The third-order valence-electron chi connectivity index (χ3n) is 3.77. The van der Waals surface area contributed by atoms with Crippen LogP contribution in [0.15, 0.2) is 18.3 Å². The molecule has 0 radical (unpaired) electrons. The second-order valence-corrected chi connectivity index (χ2v) is 6.36. The molecule has 0 aliphatic carbocycles. The molecule has 2 rings (SSSR count). The van der Waals surface area contributed by atoms with Gasteiger partial charge < -0.3 is 4.57 Å². The largest absolute Gasteiger partial charge is 0.350 e. The molecule has 2 heteroatoms. The SMILES string of the molecule is CCC(=O)c1cn(C)c2cc(C)c(C(C)(C)C)cc12. The summed E-state index contributed by atoms with van der Waals surface area (Å²) in [5.41, 5.74) is 4.70. The topological polar surface area (TPSA) is 22.0 Å². The van der Waals surface area contributed by atoms with Crippen molar-refractivity contribution in [1.29, 1.82) is 0 Å². The molecule has 0 unspecified atom stereocenters. The Morgan fingerprint density at radius 3 is 2.42 bits per heavy atom. The predicted molar refractivity (Wildman–Crippen MR) is 81.0 cm³/mol. The summed E-state index contributed by atoms with van der Waals surface area (Å²) >= 11 is 0. The van der Waals surface area contributed by atoms with Gasteiger partial charge in [0.2, 0.25) is 0 Å². The molecule has 0 aliphatic rings. The summed E-state index contributed by atoms with van der Waals surface area (Å²) in [5.74, 6) is 0.217. The Morgan fingerprint density at radius 1 is 1.26 bits per heavy atom. The van der Waals surface area contributed by atoms with Gasteiger partial charge in [0.05, 0.1) is 0 Å². The summed E-state index contributed by atoms with van der Waals surface area (Å²) in [6, 6.07) is 4.40. The number of nitrogens with zero attached hydrogens (tertiary/aromatic N) is 1. The maximum absolute atomic E-state index is 12.1. The van der Waals surface area contributed by atoms with Crippen molar-refractivity contribution in [3.05, 3.63) is 35.0 Å². The van der Waals surface area contributed by atoms with E-state index in [2.05, 4.69) is 44.4 Å². The van der Waals surface area contributed by atoms with Gasteiger partial charge in [-0.05, 0) is 35.6 Å². The van der Waals surface area contributed by atoms with Crippen LogP contribution in [-0.4, -0.2) is 10.4 Å². The highest BCUT2D eigenvalue weighted by Crippen LogP contribution is 2.32. The molecular formula is C17H23NO. The lowest BCUT2D eigenvalue weighted by molar-refractivity contribution is 0.0989. The van der Waals surface area contributed by atoms with E-state index in [9.17, 15) is 4.79 Å². The lowest BCUT2D eigenvalue weighted by Crippen LogP contribution is -2.13. The number of ketones is 1. The van der Waals surface area contributed by atoms with Gasteiger partial charge in [-0.15, -0.1) is 0 Å². The van der Waals surface area contributed by atoms with Crippen LogP contribution in [0.2, 0.25) is 0 Å². The quantitative estimate of drug-likeness (QED) is 0.732.